The highest BCUT2D eigenvalue weighted by Crippen LogP contribution is 2.10. The Morgan fingerprint density at radius 3 is 2.85 bits per heavy atom. The summed E-state index contributed by atoms with van der Waals surface area (Å²) in [5.74, 6) is 0.559. The Labute approximate surface area is 77.9 Å². The lowest BCUT2D eigenvalue weighted by Gasteiger charge is -2.05. The summed E-state index contributed by atoms with van der Waals surface area (Å²) in [7, 11) is 1.73. The Morgan fingerprint density at radius 1 is 1.69 bits per heavy atom. The third-order valence-electron chi connectivity index (χ3n) is 2.23. The van der Waals surface area contributed by atoms with Gasteiger partial charge in [0.25, 0.3) is 0 Å². The van der Waals surface area contributed by atoms with Gasteiger partial charge in [0.2, 0.25) is 0 Å². The summed E-state index contributed by atoms with van der Waals surface area (Å²) in [6.07, 6.45) is 3.12. The maximum atomic E-state index is 11.6. The average Bonchev–Trinajstić information content (AvgIpc) is 2.51. The van der Waals surface area contributed by atoms with Gasteiger partial charge in [0.05, 0.1) is 6.20 Å². The highest BCUT2D eigenvalue weighted by molar-refractivity contribution is 5.94. The second kappa shape index (κ2) is 4.16. The fourth-order valence-corrected chi connectivity index (χ4v) is 1.11. The van der Waals surface area contributed by atoms with Crippen LogP contribution in [0.4, 0.5) is 0 Å². The first kappa shape index (κ1) is 9.89. The van der Waals surface area contributed by atoms with Crippen molar-refractivity contribution in [2.24, 2.45) is 13.0 Å². The molecular weight excluding hydrogens is 166 g/mol. The normalized spacial score (nSPS) is 12.8. The van der Waals surface area contributed by atoms with Crippen LogP contribution in [0.5, 0.6) is 0 Å². The molecule has 1 rings (SSSR count). The number of rotatable bonds is 4. The molecule has 72 valence electrons. The number of hydrogen-bond acceptors (Lipinski definition) is 3. The van der Waals surface area contributed by atoms with Gasteiger partial charge in [0.1, 0.15) is 5.69 Å². The van der Waals surface area contributed by atoms with Crippen molar-refractivity contribution >= 4 is 5.78 Å². The predicted molar refractivity (Wildman–Crippen MR) is 49.4 cm³/mol. The molecule has 0 aliphatic rings. The number of ketones is 1. The SMILES string of the molecule is CCC(C)CC(=O)c1cnnn1C. The van der Waals surface area contributed by atoms with E-state index in [1.54, 1.807) is 7.05 Å². The van der Waals surface area contributed by atoms with Crippen molar-refractivity contribution in [2.75, 3.05) is 0 Å². The Balaban J connectivity index is 2.64. The Morgan fingerprint density at radius 2 is 2.38 bits per heavy atom. The van der Waals surface area contributed by atoms with Crippen LogP contribution in [0.15, 0.2) is 6.20 Å². The van der Waals surface area contributed by atoms with Gasteiger partial charge in [-0.25, -0.2) is 4.68 Å². The molecule has 13 heavy (non-hydrogen) atoms. The minimum Gasteiger partial charge on any atom is -0.292 e. The summed E-state index contributed by atoms with van der Waals surface area (Å²) in [6.45, 7) is 4.15. The molecule has 1 aromatic heterocycles. The molecule has 0 fully saturated rings. The summed E-state index contributed by atoms with van der Waals surface area (Å²) in [6, 6.07) is 0. The predicted octanol–water partition coefficient (Wildman–Crippen LogP) is 1.43. The molecule has 1 aromatic rings. The monoisotopic (exact) mass is 181 g/mol. The molecule has 0 saturated carbocycles. The van der Waals surface area contributed by atoms with Crippen LogP contribution in [0, 0.1) is 5.92 Å². The quantitative estimate of drug-likeness (QED) is 0.660. The Kier molecular flexibility index (Phi) is 3.17. The first-order valence-electron chi connectivity index (χ1n) is 4.53. The van der Waals surface area contributed by atoms with Crippen molar-refractivity contribution in [3.8, 4) is 0 Å². The molecular formula is C9H15N3O. The molecule has 0 spiro atoms. The van der Waals surface area contributed by atoms with E-state index in [4.69, 9.17) is 0 Å². The van der Waals surface area contributed by atoms with Gasteiger partial charge < -0.3 is 0 Å². The van der Waals surface area contributed by atoms with Gasteiger partial charge in [-0.2, -0.15) is 0 Å². The molecule has 0 bridgehead atoms. The molecule has 4 heteroatoms. The zero-order chi connectivity index (χ0) is 9.84. The lowest BCUT2D eigenvalue weighted by Crippen LogP contribution is -2.10. The molecule has 4 nitrogen and oxygen atoms in total. The van der Waals surface area contributed by atoms with Crippen LogP contribution in [-0.2, 0) is 7.05 Å². The highest BCUT2D eigenvalue weighted by atomic mass is 16.1. The van der Waals surface area contributed by atoms with E-state index in [0.717, 1.165) is 6.42 Å². The lowest BCUT2D eigenvalue weighted by atomic mass is 10.0. The zero-order valence-electron chi connectivity index (χ0n) is 8.32. The second-order valence-corrected chi connectivity index (χ2v) is 3.38. The minimum absolute atomic E-state index is 0.127. The standard InChI is InChI=1S/C9H15N3O/c1-4-7(2)5-9(13)8-6-10-11-12(8)3/h6-7H,4-5H2,1-3H3. The van der Waals surface area contributed by atoms with E-state index < -0.39 is 0 Å². The number of aryl methyl sites for hydroxylation is 1. The summed E-state index contributed by atoms with van der Waals surface area (Å²) < 4.78 is 1.52. The van der Waals surface area contributed by atoms with Crippen LogP contribution < -0.4 is 0 Å². The van der Waals surface area contributed by atoms with Gasteiger partial charge in [-0.15, -0.1) is 5.10 Å². The molecule has 0 radical (unpaired) electrons. The molecule has 0 aromatic carbocycles. The van der Waals surface area contributed by atoms with E-state index in [2.05, 4.69) is 24.2 Å². The van der Waals surface area contributed by atoms with Gasteiger partial charge in [0.15, 0.2) is 5.78 Å². The van der Waals surface area contributed by atoms with E-state index in [9.17, 15) is 4.79 Å². The molecule has 0 saturated heterocycles. The van der Waals surface area contributed by atoms with Crippen LogP contribution in [0.1, 0.15) is 37.2 Å². The molecule has 0 aliphatic heterocycles. The van der Waals surface area contributed by atoms with Gasteiger partial charge in [-0.05, 0) is 5.92 Å². The molecule has 1 heterocycles. The largest absolute Gasteiger partial charge is 0.292 e. The van der Waals surface area contributed by atoms with Crippen LogP contribution in [-0.4, -0.2) is 20.8 Å². The van der Waals surface area contributed by atoms with Crippen molar-refractivity contribution in [3.05, 3.63) is 11.9 Å². The topological polar surface area (TPSA) is 47.8 Å². The number of carbonyl (C=O) groups excluding carboxylic acids is 1. The number of hydrogen-bond donors (Lipinski definition) is 0. The van der Waals surface area contributed by atoms with E-state index in [1.165, 1.54) is 10.9 Å². The van der Waals surface area contributed by atoms with Crippen molar-refractivity contribution in [2.45, 2.75) is 26.7 Å². The first-order valence-corrected chi connectivity index (χ1v) is 4.53. The maximum absolute atomic E-state index is 11.6. The van der Waals surface area contributed by atoms with Crippen molar-refractivity contribution in [3.63, 3.8) is 0 Å². The third kappa shape index (κ3) is 2.37. The molecule has 0 N–H and O–H groups in total. The first-order chi connectivity index (χ1) is 6.15. The van der Waals surface area contributed by atoms with Crippen molar-refractivity contribution in [1.29, 1.82) is 0 Å². The van der Waals surface area contributed by atoms with Gasteiger partial charge in [0, 0.05) is 13.5 Å². The van der Waals surface area contributed by atoms with Crippen LogP contribution in [0.3, 0.4) is 0 Å². The third-order valence-corrected chi connectivity index (χ3v) is 2.23. The van der Waals surface area contributed by atoms with Gasteiger partial charge in [-0.1, -0.05) is 25.5 Å². The van der Waals surface area contributed by atoms with Crippen molar-refractivity contribution in [1.82, 2.24) is 15.0 Å². The molecule has 1 atom stereocenters. The number of aromatic nitrogens is 3. The van der Waals surface area contributed by atoms with Gasteiger partial charge >= 0.3 is 0 Å². The summed E-state index contributed by atoms with van der Waals surface area (Å²) in [5, 5.41) is 7.38. The Hall–Kier alpha value is -1.19. The lowest BCUT2D eigenvalue weighted by molar-refractivity contribution is 0.0954. The number of Topliss-reactive ketones (excluding diaryl/α,β-unsaturated/α-hetero) is 1. The fraction of sp³-hybridized carbons (Fsp3) is 0.667. The van der Waals surface area contributed by atoms with Crippen LogP contribution in [0.2, 0.25) is 0 Å². The van der Waals surface area contributed by atoms with E-state index in [1.807, 2.05) is 0 Å². The van der Waals surface area contributed by atoms with E-state index >= 15 is 0 Å². The maximum Gasteiger partial charge on any atom is 0.182 e. The number of carbonyl (C=O) groups is 1. The van der Waals surface area contributed by atoms with Crippen LogP contribution in [0.25, 0.3) is 0 Å². The fourth-order valence-electron chi connectivity index (χ4n) is 1.11. The summed E-state index contributed by atoms with van der Waals surface area (Å²) in [5.41, 5.74) is 0.598. The molecule has 1 unspecified atom stereocenters. The second-order valence-electron chi connectivity index (χ2n) is 3.38. The smallest absolute Gasteiger partial charge is 0.182 e. The Bertz CT molecular complexity index is 293. The van der Waals surface area contributed by atoms with E-state index in [0.29, 0.717) is 18.0 Å². The minimum atomic E-state index is 0.127. The number of nitrogens with zero attached hydrogens (tertiary/aromatic N) is 3. The van der Waals surface area contributed by atoms with E-state index in [-0.39, 0.29) is 5.78 Å². The molecule has 0 aliphatic carbocycles. The van der Waals surface area contributed by atoms with Gasteiger partial charge in [-0.3, -0.25) is 4.79 Å². The van der Waals surface area contributed by atoms with Crippen LogP contribution >= 0.6 is 0 Å². The highest BCUT2D eigenvalue weighted by Gasteiger charge is 2.13. The summed E-state index contributed by atoms with van der Waals surface area (Å²) >= 11 is 0. The van der Waals surface area contributed by atoms with Crippen molar-refractivity contribution < 1.29 is 4.79 Å². The summed E-state index contributed by atoms with van der Waals surface area (Å²) in [4.78, 5) is 11.6. The molecule has 0 amide bonds. The average molecular weight is 181 g/mol. The zero-order valence-corrected chi connectivity index (χ0v) is 8.32.